The number of non-ortho nitro benzene ring substituents is 1. The molecular formula is C14H15N3O3. The van der Waals surface area contributed by atoms with Gasteiger partial charge in [0.2, 0.25) is 0 Å². The summed E-state index contributed by atoms with van der Waals surface area (Å²) in [5.41, 5.74) is 7.23. The van der Waals surface area contributed by atoms with Crippen molar-refractivity contribution in [2.45, 2.75) is 19.9 Å². The molecule has 6 nitrogen and oxygen atoms in total. The Hall–Kier alpha value is -2.47. The molecule has 1 aromatic heterocycles. The summed E-state index contributed by atoms with van der Waals surface area (Å²) in [4.78, 5) is 14.4. The molecule has 0 aliphatic heterocycles. The van der Waals surface area contributed by atoms with Crippen LogP contribution in [0.25, 0.3) is 0 Å². The van der Waals surface area contributed by atoms with Gasteiger partial charge in [0, 0.05) is 18.2 Å². The number of aryl methyl sites for hydroxylation is 1. The van der Waals surface area contributed by atoms with Crippen LogP contribution >= 0.6 is 0 Å². The van der Waals surface area contributed by atoms with Gasteiger partial charge in [-0.15, -0.1) is 0 Å². The standard InChI is InChI=1S/C14H15N3O3/c1-9-7-11(17(18)19)3-6-14(9)20-12-4-5-13(10(2)15)16-8-12/h3-8,10H,15H2,1-2H3. The van der Waals surface area contributed by atoms with Crippen LogP contribution < -0.4 is 10.5 Å². The van der Waals surface area contributed by atoms with E-state index < -0.39 is 4.92 Å². The first kappa shape index (κ1) is 14.0. The van der Waals surface area contributed by atoms with E-state index in [2.05, 4.69) is 4.98 Å². The first-order valence-electron chi connectivity index (χ1n) is 6.12. The van der Waals surface area contributed by atoms with Crippen molar-refractivity contribution in [1.29, 1.82) is 0 Å². The average molecular weight is 273 g/mol. The molecule has 1 atom stereocenters. The van der Waals surface area contributed by atoms with E-state index >= 15 is 0 Å². The lowest BCUT2D eigenvalue weighted by molar-refractivity contribution is -0.384. The highest BCUT2D eigenvalue weighted by Crippen LogP contribution is 2.28. The van der Waals surface area contributed by atoms with Gasteiger partial charge in [0.15, 0.2) is 0 Å². The lowest BCUT2D eigenvalue weighted by Gasteiger charge is -2.09. The fourth-order valence-corrected chi connectivity index (χ4v) is 1.71. The fraction of sp³-hybridized carbons (Fsp3) is 0.214. The van der Waals surface area contributed by atoms with Gasteiger partial charge in [-0.1, -0.05) is 0 Å². The third-order valence-electron chi connectivity index (χ3n) is 2.82. The maximum atomic E-state index is 10.7. The van der Waals surface area contributed by atoms with Crippen LogP contribution in [0.5, 0.6) is 11.5 Å². The Morgan fingerprint density at radius 3 is 2.60 bits per heavy atom. The van der Waals surface area contributed by atoms with Gasteiger partial charge >= 0.3 is 0 Å². The van der Waals surface area contributed by atoms with Crippen LogP contribution in [0, 0.1) is 17.0 Å². The van der Waals surface area contributed by atoms with E-state index in [0.29, 0.717) is 17.1 Å². The summed E-state index contributed by atoms with van der Waals surface area (Å²) in [5.74, 6) is 1.12. The highest BCUT2D eigenvalue weighted by Gasteiger charge is 2.10. The molecule has 0 aliphatic carbocycles. The van der Waals surface area contributed by atoms with E-state index in [-0.39, 0.29) is 11.7 Å². The Morgan fingerprint density at radius 2 is 2.10 bits per heavy atom. The molecule has 0 saturated carbocycles. The zero-order chi connectivity index (χ0) is 14.7. The molecule has 2 rings (SSSR count). The second-order valence-corrected chi connectivity index (χ2v) is 4.52. The van der Waals surface area contributed by atoms with E-state index in [1.54, 1.807) is 31.3 Å². The molecule has 0 saturated heterocycles. The van der Waals surface area contributed by atoms with Gasteiger partial charge in [-0.05, 0) is 37.6 Å². The third-order valence-corrected chi connectivity index (χ3v) is 2.82. The van der Waals surface area contributed by atoms with Crippen molar-refractivity contribution in [3.8, 4) is 11.5 Å². The van der Waals surface area contributed by atoms with E-state index in [4.69, 9.17) is 10.5 Å². The number of nitro groups is 1. The minimum atomic E-state index is -0.435. The first-order valence-corrected chi connectivity index (χ1v) is 6.12. The average Bonchev–Trinajstić information content (AvgIpc) is 2.41. The van der Waals surface area contributed by atoms with Crippen molar-refractivity contribution >= 4 is 5.69 Å². The number of benzene rings is 1. The zero-order valence-corrected chi connectivity index (χ0v) is 11.2. The maximum Gasteiger partial charge on any atom is 0.269 e. The third kappa shape index (κ3) is 3.10. The maximum absolute atomic E-state index is 10.7. The van der Waals surface area contributed by atoms with Crippen molar-refractivity contribution < 1.29 is 9.66 Å². The first-order chi connectivity index (χ1) is 9.47. The molecule has 1 heterocycles. The molecule has 104 valence electrons. The predicted molar refractivity (Wildman–Crippen MR) is 74.7 cm³/mol. The second-order valence-electron chi connectivity index (χ2n) is 4.52. The number of aromatic nitrogens is 1. The monoisotopic (exact) mass is 273 g/mol. The normalized spacial score (nSPS) is 11.9. The topological polar surface area (TPSA) is 91.3 Å². The number of nitrogens with two attached hydrogens (primary N) is 1. The van der Waals surface area contributed by atoms with Gasteiger partial charge in [0.1, 0.15) is 11.5 Å². The van der Waals surface area contributed by atoms with Crippen LogP contribution in [0.1, 0.15) is 24.2 Å². The highest BCUT2D eigenvalue weighted by molar-refractivity contribution is 5.44. The quantitative estimate of drug-likeness (QED) is 0.682. The van der Waals surface area contributed by atoms with Gasteiger partial charge in [0.05, 0.1) is 16.8 Å². The summed E-state index contributed by atoms with van der Waals surface area (Å²) >= 11 is 0. The summed E-state index contributed by atoms with van der Waals surface area (Å²) in [6.45, 7) is 3.61. The van der Waals surface area contributed by atoms with Crippen LogP contribution in [-0.2, 0) is 0 Å². The molecule has 2 N–H and O–H groups in total. The summed E-state index contributed by atoms with van der Waals surface area (Å²) < 4.78 is 5.65. The van der Waals surface area contributed by atoms with Gasteiger partial charge < -0.3 is 10.5 Å². The molecule has 0 bridgehead atoms. The van der Waals surface area contributed by atoms with Gasteiger partial charge in [0.25, 0.3) is 5.69 Å². The highest BCUT2D eigenvalue weighted by atomic mass is 16.6. The SMILES string of the molecule is Cc1cc([N+](=O)[O-])ccc1Oc1ccc(C(C)N)nc1. The molecule has 2 aromatic rings. The number of nitro benzene ring substituents is 1. The molecule has 0 spiro atoms. The predicted octanol–water partition coefficient (Wildman–Crippen LogP) is 3.11. The summed E-state index contributed by atoms with van der Waals surface area (Å²) in [6.07, 6.45) is 1.58. The Labute approximate surface area is 116 Å². The van der Waals surface area contributed by atoms with E-state index in [9.17, 15) is 10.1 Å². The number of ether oxygens (including phenoxy) is 1. The van der Waals surface area contributed by atoms with Gasteiger partial charge in [-0.2, -0.15) is 0 Å². The lowest BCUT2D eigenvalue weighted by Crippen LogP contribution is -2.06. The summed E-state index contributed by atoms with van der Waals surface area (Å²) in [7, 11) is 0. The number of hydrogen-bond acceptors (Lipinski definition) is 5. The smallest absolute Gasteiger partial charge is 0.269 e. The van der Waals surface area contributed by atoms with Crippen LogP contribution in [0.2, 0.25) is 0 Å². The van der Waals surface area contributed by atoms with Crippen LogP contribution in [0.4, 0.5) is 5.69 Å². The number of hydrogen-bond donors (Lipinski definition) is 1. The molecule has 6 heteroatoms. The van der Waals surface area contributed by atoms with Crippen molar-refractivity contribution in [2.75, 3.05) is 0 Å². The summed E-state index contributed by atoms with van der Waals surface area (Å²) in [5, 5.41) is 10.7. The molecule has 0 fully saturated rings. The fourth-order valence-electron chi connectivity index (χ4n) is 1.71. The number of pyridine rings is 1. The van der Waals surface area contributed by atoms with Gasteiger partial charge in [-0.3, -0.25) is 15.1 Å². The van der Waals surface area contributed by atoms with Crippen molar-refractivity contribution in [3.05, 3.63) is 57.9 Å². The largest absolute Gasteiger partial charge is 0.455 e. The Kier molecular flexibility index (Phi) is 3.95. The molecular weight excluding hydrogens is 258 g/mol. The zero-order valence-electron chi connectivity index (χ0n) is 11.2. The van der Waals surface area contributed by atoms with E-state index in [1.165, 1.54) is 12.1 Å². The van der Waals surface area contributed by atoms with E-state index in [0.717, 1.165) is 5.69 Å². The molecule has 20 heavy (non-hydrogen) atoms. The van der Waals surface area contributed by atoms with E-state index in [1.807, 2.05) is 6.92 Å². The van der Waals surface area contributed by atoms with Crippen LogP contribution in [0.15, 0.2) is 36.5 Å². The molecule has 1 aromatic carbocycles. The molecule has 1 unspecified atom stereocenters. The minimum Gasteiger partial charge on any atom is -0.455 e. The minimum absolute atomic E-state index is 0.0419. The van der Waals surface area contributed by atoms with Gasteiger partial charge in [-0.25, -0.2) is 0 Å². The summed E-state index contributed by atoms with van der Waals surface area (Å²) in [6, 6.07) is 7.89. The molecule has 0 amide bonds. The Balaban J connectivity index is 2.19. The van der Waals surface area contributed by atoms with Crippen molar-refractivity contribution in [2.24, 2.45) is 5.73 Å². The number of nitrogens with zero attached hydrogens (tertiary/aromatic N) is 2. The number of rotatable bonds is 4. The molecule has 0 radical (unpaired) electrons. The van der Waals surface area contributed by atoms with Crippen molar-refractivity contribution in [3.63, 3.8) is 0 Å². The Morgan fingerprint density at radius 1 is 1.35 bits per heavy atom. The van der Waals surface area contributed by atoms with Crippen LogP contribution in [-0.4, -0.2) is 9.91 Å². The van der Waals surface area contributed by atoms with Crippen LogP contribution in [0.3, 0.4) is 0 Å². The van der Waals surface area contributed by atoms with Crippen molar-refractivity contribution in [1.82, 2.24) is 4.98 Å². The lowest BCUT2D eigenvalue weighted by atomic mass is 10.2. The Bertz CT molecular complexity index is 624. The molecule has 0 aliphatic rings. The second kappa shape index (κ2) is 5.66.